The van der Waals surface area contributed by atoms with Crippen LogP contribution in [-0.2, 0) is 17.8 Å². The Labute approximate surface area is 128 Å². The second-order valence-corrected chi connectivity index (χ2v) is 4.85. The number of hydrogen-bond donors (Lipinski definition) is 2. The molecule has 0 bridgehead atoms. The minimum absolute atomic E-state index is 0.463. The van der Waals surface area contributed by atoms with Crippen LogP contribution in [0.4, 0.5) is 0 Å². The van der Waals surface area contributed by atoms with E-state index >= 15 is 0 Å². The van der Waals surface area contributed by atoms with E-state index in [0.717, 1.165) is 19.6 Å². The number of aliphatic imine (C=N–C) groups is 1. The predicted octanol–water partition coefficient (Wildman–Crippen LogP) is 1.58. The topological polar surface area (TPSA) is 62.9 Å². The lowest BCUT2D eigenvalue weighted by atomic mass is 10.1. The van der Waals surface area contributed by atoms with Crippen molar-refractivity contribution in [1.29, 1.82) is 0 Å². The van der Waals surface area contributed by atoms with Gasteiger partial charge in [-0.25, -0.2) is 4.99 Å². The van der Waals surface area contributed by atoms with Crippen molar-refractivity contribution in [3.63, 3.8) is 0 Å². The highest BCUT2D eigenvalue weighted by atomic mass is 16.5. The third-order valence-corrected chi connectivity index (χ3v) is 3.44. The molecular formula is C16H28N4O. The third kappa shape index (κ3) is 6.60. The van der Waals surface area contributed by atoms with E-state index in [0.29, 0.717) is 25.7 Å². The van der Waals surface area contributed by atoms with Gasteiger partial charge >= 0.3 is 0 Å². The van der Waals surface area contributed by atoms with Gasteiger partial charge < -0.3 is 15.8 Å². The molecular weight excluding hydrogens is 264 g/mol. The third-order valence-electron chi connectivity index (χ3n) is 3.44. The summed E-state index contributed by atoms with van der Waals surface area (Å²) in [7, 11) is 1.67. The van der Waals surface area contributed by atoms with Crippen molar-refractivity contribution in [2.24, 2.45) is 10.7 Å². The summed E-state index contributed by atoms with van der Waals surface area (Å²) in [6, 6.07) is 8.40. The maximum atomic E-state index is 5.84. The normalized spacial score (nSPS) is 11.9. The first-order valence-electron chi connectivity index (χ1n) is 7.53. The second kappa shape index (κ2) is 10.2. The molecule has 5 nitrogen and oxygen atoms in total. The highest BCUT2D eigenvalue weighted by Gasteiger charge is 2.05. The monoisotopic (exact) mass is 292 g/mol. The van der Waals surface area contributed by atoms with E-state index in [-0.39, 0.29) is 0 Å². The van der Waals surface area contributed by atoms with E-state index in [2.05, 4.69) is 47.3 Å². The summed E-state index contributed by atoms with van der Waals surface area (Å²) in [5.74, 6) is 0.463. The van der Waals surface area contributed by atoms with Gasteiger partial charge in [0.05, 0.1) is 13.2 Å². The van der Waals surface area contributed by atoms with Crippen LogP contribution in [0.2, 0.25) is 0 Å². The van der Waals surface area contributed by atoms with Crippen molar-refractivity contribution in [1.82, 2.24) is 10.2 Å². The van der Waals surface area contributed by atoms with Gasteiger partial charge in [0.15, 0.2) is 5.96 Å². The molecule has 1 aromatic carbocycles. The fraction of sp³-hybridized carbons (Fsp3) is 0.562. The molecule has 0 saturated carbocycles. The zero-order chi connectivity index (χ0) is 15.5. The number of guanidine groups is 1. The Morgan fingerprint density at radius 3 is 2.52 bits per heavy atom. The lowest BCUT2D eigenvalue weighted by molar-refractivity contribution is 0.204. The van der Waals surface area contributed by atoms with Gasteiger partial charge in [0.25, 0.3) is 0 Å². The van der Waals surface area contributed by atoms with E-state index in [4.69, 9.17) is 10.5 Å². The van der Waals surface area contributed by atoms with Gasteiger partial charge in [-0.15, -0.1) is 0 Å². The maximum absolute atomic E-state index is 5.84. The first-order chi connectivity index (χ1) is 10.2. The summed E-state index contributed by atoms with van der Waals surface area (Å²) in [6.45, 7) is 9.31. The SMILES string of the molecule is CCN(CC)Cc1ccccc1CN=C(N)NCCOC. The molecule has 0 aliphatic carbocycles. The number of ether oxygens (including phenoxy) is 1. The zero-order valence-corrected chi connectivity index (χ0v) is 13.4. The van der Waals surface area contributed by atoms with E-state index in [1.54, 1.807) is 7.11 Å². The Morgan fingerprint density at radius 2 is 1.90 bits per heavy atom. The summed E-state index contributed by atoms with van der Waals surface area (Å²) in [5.41, 5.74) is 8.38. The van der Waals surface area contributed by atoms with Crippen LogP contribution in [0.15, 0.2) is 29.3 Å². The van der Waals surface area contributed by atoms with Crippen LogP contribution >= 0.6 is 0 Å². The van der Waals surface area contributed by atoms with E-state index < -0.39 is 0 Å². The Bertz CT molecular complexity index is 430. The number of nitrogens with one attached hydrogen (secondary N) is 1. The number of benzene rings is 1. The van der Waals surface area contributed by atoms with Crippen LogP contribution in [0.1, 0.15) is 25.0 Å². The number of nitrogens with zero attached hydrogens (tertiary/aromatic N) is 2. The Hall–Kier alpha value is -1.59. The van der Waals surface area contributed by atoms with Gasteiger partial charge in [0.2, 0.25) is 0 Å². The minimum atomic E-state index is 0.463. The van der Waals surface area contributed by atoms with Crippen molar-refractivity contribution in [3.05, 3.63) is 35.4 Å². The molecule has 0 fully saturated rings. The fourth-order valence-corrected chi connectivity index (χ4v) is 2.06. The zero-order valence-electron chi connectivity index (χ0n) is 13.4. The molecule has 118 valence electrons. The van der Waals surface area contributed by atoms with Crippen LogP contribution in [0.5, 0.6) is 0 Å². The molecule has 1 rings (SSSR count). The Balaban J connectivity index is 2.64. The first kappa shape index (κ1) is 17.5. The Morgan fingerprint density at radius 1 is 1.24 bits per heavy atom. The molecule has 1 aromatic rings. The van der Waals surface area contributed by atoms with Crippen molar-refractivity contribution in [2.75, 3.05) is 33.4 Å². The van der Waals surface area contributed by atoms with E-state index in [1.165, 1.54) is 11.1 Å². The molecule has 0 aliphatic rings. The first-order valence-corrected chi connectivity index (χ1v) is 7.53. The molecule has 0 radical (unpaired) electrons. The average Bonchev–Trinajstić information content (AvgIpc) is 2.51. The summed E-state index contributed by atoms with van der Waals surface area (Å²) in [5, 5.41) is 3.03. The van der Waals surface area contributed by atoms with Crippen molar-refractivity contribution in [3.8, 4) is 0 Å². The van der Waals surface area contributed by atoms with E-state index in [1.807, 2.05) is 6.07 Å². The molecule has 21 heavy (non-hydrogen) atoms. The van der Waals surface area contributed by atoms with Crippen LogP contribution in [0, 0.1) is 0 Å². The van der Waals surface area contributed by atoms with Gasteiger partial charge in [-0.05, 0) is 24.2 Å². The lowest BCUT2D eigenvalue weighted by Crippen LogP contribution is -2.34. The molecule has 0 unspecified atom stereocenters. The molecule has 0 aliphatic heterocycles. The van der Waals surface area contributed by atoms with Gasteiger partial charge in [-0.1, -0.05) is 38.1 Å². The molecule has 0 spiro atoms. The summed E-state index contributed by atoms with van der Waals surface area (Å²) in [4.78, 5) is 6.79. The van der Waals surface area contributed by atoms with Gasteiger partial charge in [0.1, 0.15) is 0 Å². The smallest absolute Gasteiger partial charge is 0.188 e. The number of rotatable bonds is 9. The van der Waals surface area contributed by atoms with Gasteiger partial charge in [-0.2, -0.15) is 0 Å². The van der Waals surface area contributed by atoms with Crippen molar-refractivity contribution >= 4 is 5.96 Å². The van der Waals surface area contributed by atoms with Crippen molar-refractivity contribution < 1.29 is 4.74 Å². The molecule has 0 heterocycles. The van der Waals surface area contributed by atoms with Crippen molar-refractivity contribution in [2.45, 2.75) is 26.9 Å². The van der Waals surface area contributed by atoms with Gasteiger partial charge in [0, 0.05) is 20.2 Å². The standard InChI is InChI=1S/C16H28N4O/c1-4-20(5-2)13-15-9-7-6-8-14(15)12-19-16(17)18-10-11-21-3/h6-9H,4-5,10-13H2,1-3H3,(H3,17,18,19). The molecule has 5 heteroatoms. The number of nitrogens with two attached hydrogens (primary N) is 1. The van der Waals surface area contributed by atoms with Crippen LogP contribution < -0.4 is 11.1 Å². The highest BCUT2D eigenvalue weighted by molar-refractivity contribution is 5.77. The summed E-state index contributed by atoms with van der Waals surface area (Å²) < 4.78 is 4.96. The maximum Gasteiger partial charge on any atom is 0.188 e. The molecule has 0 saturated heterocycles. The second-order valence-electron chi connectivity index (χ2n) is 4.85. The molecule has 0 aromatic heterocycles. The largest absolute Gasteiger partial charge is 0.383 e. The lowest BCUT2D eigenvalue weighted by Gasteiger charge is -2.19. The summed E-state index contributed by atoms with van der Waals surface area (Å²) >= 11 is 0. The number of methoxy groups -OCH3 is 1. The minimum Gasteiger partial charge on any atom is -0.383 e. The fourth-order valence-electron chi connectivity index (χ4n) is 2.06. The molecule has 0 atom stereocenters. The van der Waals surface area contributed by atoms with Crippen LogP contribution in [0.3, 0.4) is 0 Å². The van der Waals surface area contributed by atoms with Crippen LogP contribution in [-0.4, -0.2) is 44.2 Å². The number of hydrogen-bond acceptors (Lipinski definition) is 3. The van der Waals surface area contributed by atoms with E-state index in [9.17, 15) is 0 Å². The van der Waals surface area contributed by atoms with Gasteiger partial charge in [-0.3, -0.25) is 4.90 Å². The average molecular weight is 292 g/mol. The molecule has 3 N–H and O–H groups in total. The molecule has 0 amide bonds. The quantitative estimate of drug-likeness (QED) is 0.412. The Kier molecular flexibility index (Phi) is 8.47. The predicted molar refractivity (Wildman–Crippen MR) is 88.3 cm³/mol. The highest BCUT2D eigenvalue weighted by Crippen LogP contribution is 2.12. The summed E-state index contributed by atoms with van der Waals surface area (Å²) in [6.07, 6.45) is 0. The van der Waals surface area contributed by atoms with Crippen LogP contribution in [0.25, 0.3) is 0 Å².